The average molecular weight is 278 g/mol. The summed E-state index contributed by atoms with van der Waals surface area (Å²) in [5, 5.41) is 9.26. The molecule has 0 aliphatic heterocycles. The number of rotatable bonds is 5. The van der Waals surface area contributed by atoms with Crippen molar-refractivity contribution in [1.29, 1.82) is 0 Å². The molecule has 1 unspecified atom stereocenters. The zero-order valence-electron chi connectivity index (χ0n) is 9.77. The Hall–Kier alpha value is -0.620. The van der Waals surface area contributed by atoms with Crippen LogP contribution in [-0.2, 0) is 10.0 Å². The lowest BCUT2D eigenvalue weighted by molar-refractivity contribution is 0.238. The van der Waals surface area contributed by atoms with Gasteiger partial charge in [0, 0.05) is 18.2 Å². The maximum absolute atomic E-state index is 12.0. The van der Waals surface area contributed by atoms with Gasteiger partial charge in [0.05, 0.1) is 4.90 Å². The highest BCUT2D eigenvalue weighted by atomic mass is 35.5. The van der Waals surface area contributed by atoms with Gasteiger partial charge in [-0.2, -0.15) is 0 Å². The highest BCUT2D eigenvalue weighted by Crippen LogP contribution is 2.22. The van der Waals surface area contributed by atoms with E-state index in [4.69, 9.17) is 16.7 Å². The van der Waals surface area contributed by atoms with E-state index in [0.717, 1.165) is 0 Å². The molecule has 0 aliphatic rings. The minimum Gasteiger partial charge on any atom is -0.396 e. The molecule has 1 atom stereocenters. The van der Waals surface area contributed by atoms with Crippen molar-refractivity contribution in [2.45, 2.75) is 18.7 Å². The number of hydrogen-bond donors (Lipinski definition) is 2. The molecule has 17 heavy (non-hydrogen) atoms. The van der Waals surface area contributed by atoms with Crippen molar-refractivity contribution in [3.63, 3.8) is 0 Å². The fourth-order valence-electron chi connectivity index (χ4n) is 1.27. The predicted molar refractivity (Wildman–Crippen MR) is 67.6 cm³/mol. The lowest BCUT2D eigenvalue weighted by Crippen LogP contribution is -2.30. The molecule has 0 saturated heterocycles. The first kappa shape index (κ1) is 14.4. The van der Waals surface area contributed by atoms with Gasteiger partial charge in [-0.15, -0.1) is 0 Å². The van der Waals surface area contributed by atoms with E-state index in [1.165, 1.54) is 6.07 Å². The lowest BCUT2D eigenvalue weighted by Gasteiger charge is -2.12. The molecule has 1 aromatic rings. The first-order valence-electron chi connectivity index (χ1n) is 5.24. The molecule has 2 N–H and O–H groups in total. The SMILES string of the molecule is Cc1c(Cl)cccc1S(=O)(=O)NCC(C)CO. The molecule has 0 spiro atoms. The van der Waals surface area contributed by atoms with Gasteiger partial charge in [-0.1, -0.05) is 24.6 Å². The van der Waals surface area contributed by atoms with E-state index in [9.17, 15) is 8.42 Å². The van der Waals surface area contributed by atoms with E-state index in [2.05, 4.69) is 4.72 Å². The van der Waals surface area contributed by atoms with E-state index in [-0.39, 0.29) is 24.0 Å². The molecule has 1 aromatic carbocycles. The molecular formula is C11H16ClNO3S. The van der Waals surface area contributed by atoms with Gasteiger partial charge in [-0.25, -0.2) is 13.1 Å². The van der Waals surface area contributed by atoms with Crippen molar-refractivity contribution in [1.82, 2.24) is 4.72 Å². The van der Waals surface area contributed by atoms with Gasteiger partial charge in [0.15, 0.2) is 0 Å². The van der Waals surface area contributed by atoms with Crippen LogP contribution in [0.15, 0.2) is 23.1 Å². The molecule has 0 aliphatic carbocycles. The Bertz CT molecular complexity index is 487. The Balaban J connectivity index is 2.94. The minimum absolute atomic E-state index is 0.0585. The number of halogens is 1. The topological polar surface area (TPSA) is 66.4 Å². The maximum atomic E-state index is 12.0. The maximum Gasteiger partial charge on any atom is 0.240 e. The molecule has 0 aromatic heterocycles. The molecule has 4 nitrogen and oxygen atoms in total. The largest absolute Gasteiger partial charge is 0.396 e. The normalized spacial score (nSPS) is 13.6. The monoisotopic (exact) mass is 277 g/mol. The molecule has 1 rings (SSSR count). The fourth-order valence-corrected chi connectivity index (χ4v) is 2.93. The fraction of sp³-hybridized carbons (Fsp3) is 0.455. The van der Waals surface area contributed by atoms with E-state index in [0.29, 0.717) is 10.6 Å². The number of benzene rings is 1. The van der Waals surface area contributed by atoms with Gasteiger partial charge in [0.2, 0.25) is 10.0 Å². The number of hydrogen-bond acceptors (Lipinski definition) is 3. The number of sulfonamides is 1. The van der Waals surface area contributed by atoms with E-state index in [1.54, 1.807) is 26.0 Å². The van der Waals surface area contributed by atoms with E-state index in [1.807, 2.05) is 0 Å². The van der Waals surface area contributed by atoms with Crippen LogP contribution in [-0.4, -0.2) is 26.7 Å². The Morgan fingerprint density at radius 2 is 2.12 bits per heavy atom. The molecule has 96 valence electrons. The van der Waals surface area contributed by atoms with Crippen LogP contribution < -0.4 is 4.72 Å². The van der Waals surface area contributed by atoms with E-state index < -0.39 is 10.0 Å². The molecule has 0 amide bonds. The number of aliphatic hydroxyl groups excluding tert-OH is 1. The van der Waals surface area contributed by atoms with Crippen molar-refractivity contribution in [2.75, 3.05) is 13.2 Å². The van der Waals surface area contributed by atoms with Gasteiger partial charge >= 0.3 is 0 Å². The summed E-state index contributed by atoms with van der Waals surface area (Å²) in [5.41, 5.74) is 0.526. The summed E-state index contributed by atoms with van der Waals surface area (Å²) in [6.45, 7) is 3.56. The molecular weight excluding hydrogens is 262 g/mol. The minimum atomic E-state index is -3.56. The standard InChI is InChI=1S/C11H16ClNO3S/c1-8(7-14)6-13-17(15,16)11-5-3-4-10(12)9(11)2/h3-5,8,13-14H,6-7H2,1-2H3. The van der Waals surface area contributed by atoms with Gasteiger partial charge in [-0.05, 0) is 30.5 Å². The van der Waals surface area contributed by atoms with Crippen LogP contribution in [0.3, 0.4) is 0 Å². The summed E-state index contributed by atoms with van der Waals surface area (Å²) in [5.74, 6) is -0.121. The average Bonchev–Trinajstić information content (AvgIpc) is 2.29. The lowest BCUT2D eigenvalue weighted by atomic mass is 10.2. The molecule has 0 radical (unpaired) electrons. The third kappa shape index (κ3) is 3.67. The molecule has 0 bridgehead atoms. The molecule has 0 saturated carbocycles. The zero-order chi connectivity index (χ0) is 13.1. The van der Waals surface area contributed by atoms with E-state index >= 15 is 0 Å². The second-order valence-corrected chi connectivity index (χ2v) is 6.15. The number of nitrogens with one attached hydrogen (secondary N) is 1. The second-order valence-electron chi connectivity index (χ2n) is 4.00. The van der Waals surface area contributed by atoms with Crippen LogP contribution in [0.1, 0.15) is 12.5 Å². The summed E-state index contributed by atoms with van der Waals surface area (Å²) in [7, 11) is -3.56. The van der Waals surface area contributed by atoms with Crippen LogP contribution in [0, 0.1) is 12.8 Å². The van der Waals surface area contributed by atoms with Gasteiger partial charge in [0.25, 0.3) is 0 Å². The van der Waals surface area contributed by atoms with Crippen molar-refractivity contribution in [2.24, 2.45) is 5.92 Å². The number of aliphatic hydroxyl groups is 1. The molecule has 6 heteroatoms. The van der Waals surface area contributed by atoms with Crippen molar-refractivity contribution >= 4 is 21.6 Å². The van der Waals surface area contributed by atoms with Gasteiger partial charge in [-0.3, -0.25) is 0 Å². The van der Waals surface area contributed by atoms with Crippen LogP contribution in [0.2, 0.25) is 5.02 Å². The molecule has 0 fully saturated rings. The summed E-state index contributed by atoms with van der Waals surface area (Å²) in [4.78, 5) is 0.176. The van der Waals surface area contributed by atoms with Crippen molar-refractivity contribution in [3.8, 4) is 0 Å². The summed E-state index contributed by atoms with van der Waals surface area (Å²) >= 11 is 5.88. The first-order chi connectivity index (χ1) is 7.88. The van der Waals surface area contributed by atoms with Crippen molar-refractivity contribution < 1.29 is 13.5 Å². The smallest absolute Gasteiger partial charge is 0.240 e. The zero-order valence-corrected chi connectivity index (χ0v) is 11.3. The third-order valence-electron chi connectivity index (χ3n) is 2.44. The van der Waals surface area contributed by atoms with Gasteiger partial charge in [0.1, 0.15) is 0 Å². The van der Waals surface area contributed by atoms with Gasteiger partial charge < -0.3 is 5.11 Å². The second kappa shape index (κ2) is 5.82. The Kier molecular flexibility index (Phi) is 4.94. The quantitative estimate of drug-likeness (QED) is 0.858. The Morgan fingerprint density at radius 1 is 1.47 bits per heavy atom. The third-order valence-corrected chi connectivity index (χ3v) is 4.42. The van der Waals surface area contributed by atoms with Crippen molar-refractivity contribution in [3.05, 3.63) is 28.8 Å². The highest BCUT2D eigenvalue weighted by Gasteiger charge is 2.18. The summed E-state index contributed by atoms with van der Waals surface area (Å²) in [6.07, 6.45) is 0. The Morgan fingerprint density at radius 3 is 2.71 bits per heavy atom. The summed E-state index contributed by atoms with van der Waals surface area (Å²) < 4.78 is 26.4. The molecule has 0 heterocycles. The van der Waals surface area contributed by atoms with Crippen LogP contribution in [0.5, 0.6) is 0 Å². The first-order valence-corrected chi connectivity index (χ1v) is 7.10. The predicted octanol–water partition coefficient (Wildman–Crippen LogP) is 1.56. The highest BCUT2D eigenvalue weighted by molar-refractivity contribution is 7.89. The Labute approximate surface area is 107 Å². The summed E-state index contributed by atoms with van der Waals surface area (Å²) in [6, 6.07) is 4.75. The van der Waals surface area contributed by atoms with Crippen LogP contribution in [0.25, 0.3) is 0 Å². The van der Waals surface area contributed by atoms with Crippen LogP contribution in [0.4, 0.5) is 0 Å². The van der Waals surface area contributed by atoms with Crippen LogP contribution >= 0.6 is 11.6 Å².